The summed E-state index contributed by atoms with van der Waals surface area (Å²) in [5.74, 6) is 0.676. The highest BCUT2D eigenvalue weighted by Crippen LogP contribution is 2.29. The molecule has 2 fully saturated rings. The van der Waals surface area contributed by atoms with E-state index in [-0.39, 0.29) is 6.10 Å². The van der Waals surface area contributed by atoms with Gasteiger partial charge in [-0.3, -0.25) is 0 Å². The van der Waals surface area contributed by atoms with Gasteiger partial charge in [0.25, 0.3) is 0 Å². The first-order chi connectivity index (χ1) is 14.6. The molecule has 5 rings (SSSR count). The monoisotopic (exact) mass is 427 g/mol. The maximum Gasteiger partial charge on any atom is 0.243 e. The van der Waals surface area contributed by atoms with Gasteiger partial charge in [0.05, 0.1) is 10.6 Å². The molecule has 3 aliphatic rings. The standard InChI is InChI=1S/C23H29N3O3S/c27-30(28,21-7-2-1-3-8-21)26-16-13-22-18(17-26)9-10-23(24-22)29-20-11-14-25(15-12-20)19-5-4-6-19/h1-3,7-10,19-20H,4-6,11-17H2. The second kappa shape index (κ2) is 8.29. The second-order valence-corrected chi connectivity index (χ2v) is 10.5. The van der Waals surface area contributed by atoms with Gasteiger partial charge in [0.2, 0.25) is 15.9 Å². The van der Waals surface area contributed by atoms with E-state index in [1.807, 2.05) is 18.2 Å². The van der Waals surface area contributed by atoms with E-state index >= 15 is 0 Å². The quantitative estimate of drug-likeness (QED) is 0.733. The number of nitrogens with zero attached hydrogens (tertiary/aromatic N) is 3. The molecule has 0 spiro atoms. The van der Waals surface area contributed by atoms with Crippen molar-refractivity contribution >= 4 is 10.0 Å². The Labute approximate surface area is 178 Å². The van der Waals surface area contributed by atoms with E-state index in [4.69, 9.17) is 9.72 Å². The van der Waals surface area contributed by atoms with Crippen LogP contribution in [-0.4, -0.2) is 54.4 Å². The van der Waals surface area contributed by atoms with Gasteiger partial charge in [-0.05, 0) is 43.4 Å². The zero-order valence-corrected chi connectivity index (χ0v) is 18.1. The number of pyridine rings is 1. The Morgan fingerprint density at radius 1 is 0.933 bits per heavy atom. The summed E-state index contributed by atoms with van der Waals surface area (Å²) in [6.07, 6.45) is 7.04. The summed E-state index contributed by atoms with van der Waals surface area (Å²) < 4.78 is 33.5. The van der Waals surface area contributed by atoms with Crippen LogP contribution in [0.25, 0.3) is 0 Å². The van der Waals surface area contributed by atoms with Crippen molar-refractivity contribution in [3.63, 3.8) is 0 Å². The lowest BCUT2D eigenvalue weighted by Crippen LogP contribution is -2.46. The van der Waals surface area contributed by atoms with E-state index in [0.717, 1.165) is 43.2 Å². The van der Waals surface area contributed by atoms with Crippen LogP contribution in [0.15, 0.2) is 47.4 Å². The molecule has 30 heavy (non-hydrogen) atoms. The minimum atomic E-state index is -3.48. The third kappa shape index (κ3) is 3.98. The Morgan fingerprint density at radius 3 is 2.40 bits per heavy atom. The first-order valence-electron chi connectivity index (χ1n) is 11.0. The Bertz CT molecular complexity index is 984. The smallest absolute Gasteiger partial charge is 0.243 e. The third-order valence-electron chi connectivity index (χ3n) is 6.72. The van der Waals surface area contributed by atoms with Gasteiger partial charge >= 0.3 is 0 Å². The molecule has 0 radical (unpaired) electrons. The van der Waals surface area contributed by atoms with Crippen molar-refractivity contribution in [3.05, 3.63) is 53.7 Å². The molecule has 1 saturated carbocycles. The SMILES string of the molecule is O=S(=O)(c1ccccc1)N1CCc2nc(OC3CCN(C4CCC4)CC3)ccc2C1. The van der Waals surface area contributed by atoms with Crippen LogP contribution in [0, 0.1) is 0 Å². The summed E-state index contributed by atoms with van der Waals surface area (Å²) in [6, 6.07) is 13.3. The third-order valence-corrected chi connectivity index (χ3v) is 8.58. The molecule has 0 bridgehead atoms. The van der Waals surface area contributed by atoms with Crippen molar-refractivity contribution in [3.8, 4) is 5.88 Å². The van der Waals surface area contributed by atoms with Crippen molar-refractivity contribution in [2.45, 2.75) is 62.1 Å². The van der Waals surface area contributed by atoms with E-state index in [1.165, 1.54) is 19.3 Å². The summed E-state index contributed by atoms with van der Waals surface area (Å²) in [6.45, 7) is 3.04. The molecule has 6 nitrogen and oxygen atoms in total. The summed E-state index contributed by atoms with van der Waals surface area (Å²) >= 11 is 0. The first kappa shape index (κ1) is 20.0. The average Bonchev–Trinajstić information content (AvgIpc) is 2.74. The van der Waals surface area contributed by atoms with Gasteiger partial charge in [-0.15, -0.1) is 0 Å². The van der Waals surface area contributed by atoms with Gasteiger partial charge in [-0.2, -0.15) is 4.31 Å². The molecule has 1 aromatic carbocycles. The van der Waals surface area contributed by atoms with Crippen molar-refractivity contribution in [2.75, 3.05) is 19.6 Å². The fraction of sp³-hybridized carbons (Fsp3) is 0.522. The zero-order chi connectivity index (χ0) is 20.6. The Balaban J connectivity index is 1.22. The van der Waals surface area contributed by atoms with Crippen molar-refractivity contribution in [1.29, 1.82) is 0 Å². The second-order valence-electron chi connectivity index (χ2n) is 8.59. The van der Waals surface area contributed by atoms with Gasteiger partial charge in [-0.25, -0.2) is 13.4 Å². The average molecular weight is 428 g/mol. The van der Waals surface area contributed by atoms with Crippen molar-refractivity contribution in [1.82, 2.24) is 14.2 Å². The van der Waals surface area contributed by atoms with Gasteiger partial charge < -0.3 is 9.64 Å². The Morgan fingerprint density at radius 2 is 1.70 bits per heavy atom. The van der Waals surface area contributed by atoms with Crippen LogP contribution in [0.4, 0.5) is 0 Å². The summed E-state index contributed by atoms with van der Waals surface area (Å²) in [7, 11) is -3.48. The number of ether oxygens (including phenoxy) is 1. The van der Waals surface area contributed by atoms with Crippen LogP contribution in [-0.2, 0) is 23.0 Å². The van der Waals surface area contributed by atoms with E-state index in [0.29, 0.717) is 30.3 Å². The van der Waals surface area contributed by atoms with Gasteiger partial charge in [0.1, 0.15) is 6.10 Å². The van der Waals surface area contributed by atoms with Crippen LogP contribution >= 0.6 is 0 Å². The summed E-state index contributed by atoms with van der Waals surface area (Å²) in [4.78, 5) is 7.68. The Kier molecular flexibility index (Phi) is 5.52. The highest BCUT2D eigenvalue weighted by molar-refractivity contribution is 7.89. The lowest BCUT2D eigenvalue weighted by molar-refractivity contribution is 0.0474. The predicted molar refractivity (Wildman–Crippen MR) is 115 cm³/mol. The minimum absolute atomic E-state index is 0.227. The van der Waals surface area contributed by atoms with Crippen molar-refractivity contribution in [2.24, 2.45) is 0 Å². The molecule has 2 aliphatic heterocycles. The maximum absolute atomic E-state index is 12.9. The first-order valence-corrected chi connectivity index (χ1v) is 12.5. The van der Waals surface area contributed by atoms with Gasteiger partial charge in [0, 0.05) is 44.7 Å². The molecular formula is C23H29N3O3S. The number of hydrogen-bond donors (Lipinski definition) is 0. The molecule has 7 heteroatoms. The number of sulfonamides is 1. The molecule has 0 atom stereocenters. The number of benzene rings is 1. The maximum atomic E-state index is 12.9. The molecule has 0 amide bonds. The topological polar surface area (TPSA) is 62.7 Å². The number of piperidine rings is 1. The number of aromatic nitrogens is 1. The highest BCUT2D eigenvalue weighted by atomic mass is 32.2. The summed E-state index contributed by atoms with van der Waals surface area (Å²) in [5, 5.41) is 0. The summed E-state index contributed by atoms with van der Waals surface area (Å²) in [5.41, 5.74) is 1.92. The zero-order valence-electron chi connectivity index (χ0n) is 17.2. The van der Waals surface area contributed by atoms with E-state index < -0.39 is 10.0 Å². The van der Waals surface area contributed by atoms with Crippen LogP contribution < -0.4 is 4.74 Å². The van der Waals surface area contributed by atoms with Gasteiger partial charge in [0.15, 0.2) is 0 Å². The lowest BCUT2D eigenvalue weighted by Gasteiger charge is -2.41. The highest BCUT2D eigenvalue weighted by Gasteiger charge is 2.31. The normalized spacial score (nSPS) is 21.7. The van der Waals surface area contributed by atoms with E-state index in [1.54, 1.807) is 28.6 Å². The lowest BCUT2D eigenvalue weighted by atomic mass is 9.90. The molecule has 1 saturated heterocycles. The number of rotatable bonds is 5. The fourth-order valence-corrected chi connectivity index (χ4v) is 6.10. The molecule has 1 aromatic heterocycles. The molecule has 1 aliphatic carbocycles. The number of likely N-dealkylation sites (tertiary alicyclic amines) is 1. The predicted octanol–water partition coefficient (Wildman–Crippen LogP) is 3.22. The molecule has 2 aromatic rings. The van der Waals surface area contributed by atoms with Crippen LogP contribution in [0.3, 0.4) is 0 Å². The molecular weight excluding hydrogens is 398 g/mol. The molecule has 160 valence electrons. The molecule has 0 N–H and O–H groups in total. The van der Waals surface area contributed by atoms with Crippen LogP contribution in [0.2, 0.25) is 0 Å². The number of fused-ring (bicyclic) bond motifs is 1. The number of hydrogen-bond acceptors (Lipinski definition) is 5. The Hall–Kier alpha value is -1.96. The minimum Gasteiger partial charge on any atom is -0.474 e. The fourth-order valence-electron chi connectivity index (χ4n) is 4.66. The molecule has 0 unspecified atom stereocenters. The molecule has 3 heterocycles. The van der Waals surface area contributed by atoms with Crippen LogP contribution in [0.1, 0.15) is 43.4 Å². The van der Waals surface area contributed by atoms with E-state index in [2.05, 4.69) is 4.90 Å². The largest absolute Gasteiger partial charge is 0.474 e. The van der Waals surface area contributed by atoms with Gasteiger partial charge in [-0.1, -0.05) is 30.7 Å². The van der Waals surface area contributed by atoms with Crippen LogP contribution in [0.5, 0.6) is 5.88 Å². The van der Waals surface area contributed by atoms with Crippen molar-refractivity contribution < 1.29 is 13.2 Å². The van der Waals surface area contributed by atoms with E-state index in [9.17, 15) is 8.42 Å².